The van der Waals surface area contributed by atoms with Crippen LogP contribution in [0.25, 0.3) is 11.4 Å². The predicted octanol–water partition coefficient (Wildman–Crippen LogP) is 1.89. The van der Waals surface area contributed by atoms with Gasteiger partial charge in [-0.1, -0.05) is 20.8 Å². The van der Waals surface area contributed by atoms with Crippen molar-refractivity contribution in [2.75, 3.05) is 46.9 Å². The van der Waals surface area contributed by atoms with Gasteiger partial charge in [0.25, 0.3) is 11.8 Å². The number of aromatic nitrogens is 2. The quantitative estimate of drug-likeness (QED) is 0.614. The molecule has 10 nitrogen and oxygen atoms in total. The molecule has 2 aliphatic rings. The van der Waals surface area contributed by atoms with Gasteiger partial charge >= 0.3 is 0 Å². The summed E-state index contributed by atoms with van der Waals surface area (Å²) in [5.41, 5.74) is 0.916. The number of carbonyl (C=O) groups is 3. The molecule has 1 fully saturated rings. The van der Waals surface area contributed by atoms with Crippen LogP contribution in [0.3, 0.4) is 0 Å². The zero-order valence-electron chi connectivity index (χ0n) is 22.8. The first kappa shape index (κ1) is 27.7. The molecule has 1 atom stereocenters. The number of imidazole rings is 1. The molecule has 0 spiro atoms. The number of halogens is 1. The van der Waals surface area contributed by atoms with Crippen LogP contribution >= 0.6 is 0 Å². The molecule has 206 valence electrons. The van der Waals surface area contributed by atoms with Gasteiger partial charge in [0.05, 0.1) is 24.5 Å². The number of ether oxygens (including phenoxy) is 1. The number of nitrogens with zero attached hydrogens (tertiary/aromatic N) is 4. The van der Waals surface area contributed by atoms with E-state index in [9.17, 15) is 18.8 Å². The van der Waals surface area contributed by atoms with Crippen molar-refractivity contribution < 1.29 is 23.5 Å². The fraction of sp³-hybridized carbons (Fsp3) is 0.556. The van der Waals surface area contributed by atoms with E-state index in [2.05, 4.69) is 15.5 Å². The summed E-state index contributed by atoms with van der Waals surface area (Å²) >= 11 is 0. The molecule has 3 amide bonds. The molecule has 1 unspecified atom stereocenters. The van der Waals surface area contributed by atoms with E-state index < -0.39 is 29.1 Å². The number of rotatable bonds is 5. The van der Waals surface area contributed by atoms with E-state index in [1.54, 1.807) is 11.0 Å². The number of nitrogens with one attached hydrogen (secondary N) is 2. The largest absolute Gasteiger partial charge is 0.378 e. The fourth-order valence-corrected chi connectivity index (χ4v) is 4.91. The Morgan fingerprint density at radius 2 is 1.82 bits per heavy atom. The molecular weight excluding hydrogens is 491 g/mol. The summed E-state index contributed by atoms with van der Waals surface area (Å²) in [4.78, 5) is 47.7. The first-order valence-electron chi connectivity index (χ1n) is 13.0. The van der Waals surface area contributed by atoms with E-state index in [-0.39, 0.29) is 17.2 Å². The van der Waals surface area contributed by atoms with Crippen LogP contribution in [-0.4, -0.2) is 90.1 Å². The molecule has 1 aromatic heterocycles. The summed E-state index contributed by atoms with van der Waals surface area (Å²) in [5, 5.41) is 5.50. The van der Waals surface area contributed by atoms with E-state index in [0.29, 0.717) is 56.5 Å². The Hall–Kier alpha value is -3.31. The minimum atomic E-state index is -0.770. The van der Waals surface area contributed by atoms with Crippen LogP contribution in [-0.2, 0) is 22.6 Å². The molecule has 4 rings (SSSR count). The van der Waals surface area contributed by atoms with Crippen LogP contribution < -0.4 is 10.6 Å². The molecule has 38 heavy (non-hydrogen) atoms. The van der Waals surface area contributed by atoms with Gasteiger partial charge in [-0.15, -0.1) is 0 Å². The van der Waals surface area contributed by atoms with E-state index >= 15 is 0 Å². The first-order chi connectivity index (χ1) is 18.0. The van der Waals surface area contributed by atoms with Crippen LogP contribution in [0.1, 0.15) is 53.7 Å². The Kier molecular flexibility index (Phi) is 8.17. The summed E-state index contributed by atoms with van der Waals surface area (Å²) < 4.78 is 22.1. The molecule has 0 radical (unpaired) electrons. The number of hydrogen-bond donors (Lipinski definition) is 2. The van der Waals surface area contributed by atoms with Crippen LogP contribution in [0.2, 0.25) is 0 Å². The van der Waals surface area contributed by atoms with Gasteiger partial charge in [-0.3, -0.25) is 14.4 Å². The lowest BCUT2D eigenvalue weighted by Crippen LogP contribution is -2.53. The molecule has 1 aromatic carbocycles. The molecule has 2 aromatic rings. The number of carbonyl (C=O) groups excluding carboxylic acids is 3. The van der Waals surface area contributed by atoms with Crippen molar-refractivity contribution in [3.05, 3.63) is 41.0 Å². The zero-order valence-corrected chi connectivity index (χ0v) is 22.8. The fourth-order valence-electron chi connectivity index (χ4n) is 4.91. The number of benzene rings is 1. The smallest absolute Gasteiger partial charge is 0.272 e. The molecular formula is C27H37FN6O4. The van der Waals surface area contributed by atoms with E-state index in [1.165, 1.54) is 19.2 Å². The van der Waals surface area contributed by atoms with Crippen molar-refractivity contribution in [1.29, 1.82) is 0 Å². The minimum Gasteiger partial charge on any atom is -0.378 e. The van der Waals surface area contributed by atoms with Gasteiger partial charge in [0.1, 0.15) is 17.7 Å². The van der Waals surface area contributed by atoms with Crippen molar-refractivity contribution in [1.82, 2.24) is 30.0 Å². The third-order valence-electron chi connectivity index (χ3n) is 7.03. The van der Waals surface area contributed by atoms with E-state index in [1.807, 2.05) is 32.4 Å². The van der Waals surface area contributed by atoms with Gasteiger partial charge in [0.2, 0.25) is 5.91 Å². The summed E-state index contributed by atoms with van der Waals surface area (Å²) in [6.07, 6.45) is 0.831. The highest BCUT2D eigenvalue weighted by atomic mass is 19.1. The minimum absolute atomic E-state index is 0.0362. The van der Waals surface area contributed by atoms with Crippen LogP contribution in [0, 0.1) is 11.2 Å². The summed E-state index contributed by atoms with van der Waals surface area (Å²) in [5.74, 6) is -1.26. The normalized spacial score (nSPS) is 17.4. The highest BCUT2D eigenvalue weighted by Gasteiger charge is 2.35. The summed E-state index contributed by atoms with van der Waals surface area (Å²) in [7, 11) is 3.51. The number of amides is 3. The maximum absolute atomic E-state index is 14.8. The van der Waals surface area contributed by atoms with Crippen molar-refractivity contribution in [3.63, 3.8) is 0 Å². The molecule has 11 heteroatoms. The standard InChI is InChI=1S/C27H37FN6O4/c1-27(2,3)22(25(36)29-4)31-24(35)21-20-16-32(5)9-6-10-34(20)23(30-21)17-7-8-19(28)18(15-17)26(37)33-11-13-38-14-12-33/h7-8,15,22H,6,9-14,16H2,1-5H3,(H,29,36)(H,31,35). The molecule has 0 bridgehead atoms. The molecule has 2 N–H and O–H groups in total. The van der Waals surface area contributed by atoms with Crippen molar-refractivity contribution in [2.24, 2.45) is 5.41 Å². The van der Waals surface area contributed by atoms with Gasteiger partial charge in [-0.2, -0.15) is 0 Å². The van der Waals surface area contributed by atoms with Crippen LogP contribution in [0.4, 0.5) is 4.39 Å². The molecule has 0 saturated carbocycles. The maximum atomic E-state index is 14.8. The lowest BCUT2D eigenvalue weighted by Gasteiger charge is -2.29. The third-order valence-corrected chi connectivity index (χ3v) is 7.03. The first-order valence-corrected chi connectivity index (χ1v) is 13.0. The SMILES string of the molecule is CNC(=O)C(NC(=O)c1nc(-c2ccc(F)c(C(=O)N3CCOCC3)c2)n2c1CN(C)CCC2)C(C)(C)C. The highest BCUT2D eigenvalue weighted by Crippen LogP contribution is 2.29. The second-order valence-electron chi connectivity index (χ2n) is 11.0. The van der Waals surface area contributed by atoms with Gasteiger partial charge < -0.3 is 29.7 Å². The van der Waals surface area contributed by atoms with Gasteiger partial charge in [0, 0.05) is 38.8 Å². The van der Waals surface area contributed by atoms with Crippen LogP contribution in [0.15, 0.2) is 18.2 Å². The van der Waals surface area contributed by atoms with Gasteiger partial charge in [0.15, 0.2) is 5.69 Å². The highest BCUT2D eigenvalue weighted by molar-refractivity contribution is 5.98. The number of hydrogen-bond acceptors (Lipinski definition) is 6. The van der Waals surface area contributed by atoms with Crippen LogP contribution in [0.5, 0.6) is 0 Å². The molecule has 3 heterocycles. The summed E-state index contributed by atoms with van der Waals surface area (Å²) in [6.45, 7) is 9.19. The van der Waals surface area contributed by atoms with Crippen molar-refractivity contribution in [3.8, 4) is 11.4 Å². The molecule has 2 aliphatic heterocycles. The Morgan fingerprint density at radius 1 is 1.11 bits per heavy atom. The average Bonchev–Trinajstić information content (AvgIpc) is 3.12. The monoisotopic (exact) mass is 528 g/mol. The number of morpholine rings is 1. The van der Waals surface area contributed by atoms with Crippen molar-refractivity contribution >= 4 is 17.7 Å². The molecule has 1 saturated heterocycles. The Balaban J connectivity index is 1.75. The van der Waals surface area contributed by atoms with Gasteiger partial charge in [-0.25, -0.2) is 9.37 Å². The predicted molar refractivity (Wildman–Crippen MR) is 140 cm³/mol. The topological polar surface area (TPSA) is 109 Å². The number of fused-ring (bicyclic) bond motifs is 1. The second-order valence-corrected chi connectivity index (χ2v) is 11.0. The lowest BCUT2D eigenvalue weighted by atomic mass is 9.86. The van der Waals surface area contributed by atoms with Gasteiger partial charge in [-0.05, 0) is 43.6 Å². The van der Waals surface area contributed by atoms with E-state index in [0.717, 1.165) is 13.0 Å². The maximum Gasteiger partial charge on any atom is 0.272 e. The summed E-state index contributed by atoms with van der Waals surface area (Å²) in [6, 6.07) is 3.60. The third kappa shape index (κ3) is 5.73. The Morgan fingerprint density at radius 3 is 2.47 bits per heavy atom. The number of likely N-dealkylation sites (N-methyl/N-ethyl adjacent to an activating group) is 1. The second kappa shape index (κ2) is 11.2. The lowest BCUT2D eigenvalue weighted by molar-refractivity contribution is -0.124. The Labute approximate surface area is 222 Å². The van der Waals surface area contributed by atoms with E-state index in [4.69, 9.17) is 9.72 Å². The average molecular weight is 529 g/mol. The Bertz CT molecular complexity index is 1210. The zero-order chi connectivity index (χ0) is 27.6. The molecule has 0 aliphatic carbocycles. The van der Waals surface area contributed by atoms with Crippen molar-refractivity contribution in [2.45, 2.75) is 46.3 Å².